The van der Waals surface area contributed by atoms with Crippen LogP contribution in [0.5, 0.6) is 0 Å². The molecule has 30 heavy (non-hydrogen) atoms. The summed E-state index contributed by atoms with van der Waals surface area (Å²) >= 11 is 0. The second kappa shape index (κ2) is 7.38. The Balaban J connectivity index is 1.58. The highest BCUT2D eigenvalue weighted by Gasteiger charge is 2.62. The fraction of sp³-hybridized carbons (Fsp3) is 0.846. The van der Waals surface area contributed by atoms with E-state index in [9.17, 15) is 9.59 Å². The van der Waals surface area contributed by atoms with Gasteiger partial charge in [0.05, 0.1) is 0 Å². The first kappa shape index (κ1) is 21.9. The van der Waals surface area contributed by atoms with Gasteiger partial charge in [-0.25, -0.2) is 0 Å². The molecule has 0 bridgehead atoms. The van der Waals surface area contributed by atoms with E-state index in [-0.39, 0.29) is 40.1 Å². The maximum absolute atomic E-state index is 13.5. The molecule has 3 aliphatic carbocycles. The summed E-state index contributed by atoms with van der Waals surface area (Å²) in [6.07, 6.45) is 11.8. The average Bonchev–Trinajstić information content (AvgIpc) is 2.92. The van der Waals surface area contributed by atoms with Crippen LogP contribution in [-0.2, 0) is 9.59 Å². The van der Waals surface area contributed by atoms with Crippen LogP contribution in [0, 0.1) is 40.4 Å². The summed E-state index contributed by atoms with van der Waals surface area (Å²) in [6, 6.07) is 0.272. The lowest BCUT2D eigenvalue weighted by atomic mass is 9.48. The Morgan fingerprint density at radius 1 is 1.23 bits per heavy atom. The topological polar surface area (TPSA) is 58.2 Å². The van der Waals surface area contributed by atoms with Crippen molar-refractivity contribution < 1.29 is 9.59 Å². The molecule has 1 aliphatic heterocycles. The predicted molar refractivity (Wildman–Crippen MR) is 121 cm³/mol. The molecule has 2 N–H and O–H groups in total. The largest absolute Gasteiger partial charge is 0.351 e. The number of amides is 2. The first-order valence-corrected chi connectivity index (χ1v) is 12.3. The Morgan fingerprint density at radius 3 is 2.67 bits per heavy atom. The van der Waals surface area contributed by atoms with Crippen molar-refractivity contribution in [3.63, 3.8) is 0 Å². The van der Waals surface area contributed by atoms with Crippen molar-refractivity contribution in [2.45, 2.75) is 98.1 Å². The normalized spacial score (nSPS) is 45.2. The van der Waals surface area contributed by atoms with Gasteiger partial charge in [0.15, 0.2) is 0 Å². The molecule has 4 nitrogen and oxygen atoms in total. The third kappa shape index (κ3) is 3.33. The van der Waals surface area contributed by atoms with Gasteiger partial charge in [-0.05, 0) is 87.5 Å². The van der Waals surface area contributed by atoms with Crippen LogP contribution in [0.1, 0.15) is 86.5 Å². The highest BCUT2D eigenvalue weighted by molar-refractivity contribution is 5.89. The van der Waals surface area contributed by atoms with Crippen LogP contribution in [0.25, 0.3) is 0 Å². The van der Waals surface area contributed by atoms with Crippen molar-refractivity contribution in [1.82, 2.24) is 10.6 Å². The number of fused-ring (bicyclic) bond motifs is 5. The lowest BCUT2D eigenvalue weighted by Gasteiger charge is -2.58. The molecule has 2 amide bonds. The molecule has 4 aliphatic rings. The molecule has 1 heterocycles. The van der Waals surface area contributed by atoms with Gasteiger partial charge in [0, 0.05) is 22.9 Å². The molecule has 0 radical (unpaired) electrons. The van der Waals surface area contributed by atoms with Gasteiger partial charge in [0.2, 0.25) is 11.8 Å². The number of rotatable bonds is 4. The van der Waals surface area contributed by atoms with Crippen LogP contribution in [0.4, 0.5) is 0 Å². The zero-order valence-corrected chi connectivity index (χ0v) is 19.9. The van der Waals surface area contributed by atoms with Gasteiger partial charge in [-0.15, -0.1) is 0 Å². The second-order valence-corrected chi connectivity index (χ2v) is 12.1. The van der Waals surface area contributed by atoms with E-state index in [1.807, 2.05) is 0 Å². The molecule has 3 fully saturated rings. The van der Waals surface area contributed by atoms with Crippen LogP contribution < -0.4 is 10.6 Å². The van der Waals surface area contributed by atoms with Crippen LogP contribution >= 0.6 is 0 Å². The molecule has 0 spiro atoms. The van der Waals surface area contributed by atoms with Gasteiger partial charge < -0.3 is 10.6 Å². The number of hydrogen-bond acceptors (Lipinski definition) is 2. The summed E-state index contributed by atoms with van der Waals surface area (Å²) < 4.78 is 0. The Morgan fingerprint density at radius 2 is 1.97 bits per heavy atom. The molecular formula is C26H42N2O2. The van der Waals surface area contributed by atoms with E-state index in [1.165, 1.54) is 19.3 Å². The predicted octanol–water partition coefficient (Wildman–Crippen LogP) is 4.84. The zero-order chi connectivity index (χ0) is 21.9. The molecule has 0 saturated heterocycles. The number of nitrogens with one attached hydrogen (secondary N) is 2. The molecule has 4 heteroatoms. The summed E-state index contributed by atoms with van der Waals surface area (Å²) in [5.74, 6) is 2.78. The smallest absolute Gasteiger partial charge is 0.243 e. The molecule has 1 unspecified atom stereocenters. The SMILES string of the molecule is CCCC(C)(C)NC(=O)[C@H]1C(C)C[C@H]2[C@@H]3CC[C@H]4NC(=O)C=C[C@]4(C)[C@H]3CC[C@]12C. The summed E-state index contributed by atoms with van der Waals surface area (Å²) in [5, 5.41) is 6.66. The summed E-state index contributed by atoms with van der Waals surface area (Å²) in [6.45, 7) is 13.6. The van der Waals surface area contributed by atoms with Gasteiger partial charge >= 0.3 is 0 Å². The van der Waals surface area contributed by atoms with Gasteiger partial charge in [-0.2, -0.15) is 0 Å². The van der Waals surface area contributed by atoms with Gasteiger partial charge in [0.25, 0.3) is 0 Å². The summed E-state index contributed by atoms with van der Waals surface area (Å²) in [4.78, 5) is 25.5. The van der Waals surface area contributed by atoms with E-state index in [1.54, 1.807) is 6.08 Å². The lowest BCUT2D eigenvalue weighted by molar-refractivity contribution is -0.136. The van der Waals surface area contributed by atoms with Crippen LogP contribution in [0.3, 0.4) is 0 Å². The van der Waals surface area contributed by atoms with Crippen LogP contribution in [-0.4, -0.2) is 23.4 Å². The highest BCUT2D eigenvalue weighted by Crippen LogP contribution is 2.66. The standard InChI is InChI=1S/C26H42N2O2/c1-7-12-24(3,4)28-23(30)22-16(2)15-19-17-8-9-20-25(5,14-11-21(29)27-20)18(17)10-13-26(19,22)6/h11,14,16-20,22H,7-10,12-13,15H2,1-6H3,(H,27,29)(H,28,30)/t16?,17-,18+,19+,20-,22-,25-,26+/m1/s1. The molecular weight excluding hydrogens is 372 g/mol. The fourth-order valence-electron chi connectivity index (χ4n) is 8.35. The van der Waals surface area contributed by atoms with E-state index in [2.05, 4.69) is 58.3 Å². The first-order chi connectivity index (χ1) is 14.0. The van der Waals surface area contributed by atoms with Crippen molar-refractivity contribution in [3.8, 4) is 0 Å². The Kier molecular flexibility index (Phi) is 5.38. The summed E-state index contributed by atoms with van der Waals surface area (Å²) in [7, 11) is 0. The van der Waals surface area contributed by atoms with E-state index in [4.69, 9.17) is 0 Å². The third-order valence-electron chi connectivity index (χ3n) is 9.65. The Labute approximate surface area is 183 Å². The zero-order valence-electron chi connectivity index (χ0n) is 19.9. The average molecular weight is 415 g/mol. The number of carbonyl (C=O) groups is 2. The second-order valence-electron chi connectivity index (χ2n) is 12.1. The van der Waals surface area contributed by atoms with Crippen LogP contribution in [0.15, 0.2) is 12.2 Å². The van der Waals surface area contributed by atoms with E-state index in [0.29, 0.717) is 23.7 Å². The molecule has 0 aromatic carbocycles. The lowest BCUT2D eigenvalue weighted by Crippen LogP contribution is -2.60. The number of hydrogen-bond donors (Lipinski definition) is 2. The highest BCUT2D eigenvalue weighted by atomic mass is 16.2. The van der Waals surface area contributed by atoms with E-state index in [0.717, 1.165) is 25.7 Å². The van der Waals surface area contributed by atoms with Crippen LogP contribution in [0.2, 0.25) is 0 Å². The molecule has 8 atom stereocenters. The fourth-order valence-corrected chi connectivity index (χ4v) is 8.35. The monoisotopic (exact) mass is 414 g/mol. The van der Waals surface area contributed by atoms with E-state index < -0.39 is 0 Å². The van der Waals surface area contributed by atoms with Crippen molar-refractivity contribution in [2.24, 2.45) is 40.4 Å². The first-order valence-electron chi connectivity index (χ1n) is 12.3. The van der Waals surface area contributed by atoms with Gasteiger partial charge in [-0.3, -0.25) is 9.59 Å². The molecule has 168 valence electrons. The van der Waals surface area contributed by atoms with Gasteiger partial charge in [-0.1, -0.05) is 40.2 Å². The van der Waals surface area contributed by atoms with Crippen molar-refractivity contribution in [2.75, 3.05) is 0 Å². The maximum Gasteiger partial charge on any atom is 0.243 e. The third-order valence-corrected chi connectivity index (χ3v) is 9.65. The van der Waals surface area contributed by atoms with Gasteiger partial charge in [0.1, 0.15) is 0 Å². The minimum Gasteiger partial charge on any atom is -0.351 e. The minimum absolute atomic E-state index is 0.0604. The Hall–Kier alpha value is -1.32. The minimum atomic E-state index is -0.131. The van der Waals surface area contributed by atoms with Crippen molar-refractivity contribution in [3.05, 3.63) is 12.2 Å². The molecule has 0 aromatic heterocycles. The van der Waals surface area contributed by atoms with Crippen molar-refractivity contribution >= 4 is 11.8 Å². The number of carbonyl (C=O) groups excluding carboxylic acids is 2. The molecule has 3 saturated carbocycles. The van der Waals surface area contributed by atoms with Crippen molar-refractivity contribution in [1.29, 1.82) is 0 Å². The van der Waals surface area contributed by atoms with E-state index >= 15 is 0 Å². The Bertz CT molecular complexity index is 743. The maximum atomic E-state index is 13.5. The quantitative estimate of drug-likeness (QED) is 0.691. The molecule has 0 aromatic rings. The summed E-state index contributed by atoms with van der Waals surface area (Å²) in [5.41, 5.74) is 0.0243. The molecule has 4 rings (SSSR count).